The first-order chi connectivity index (χ1) is 17.1. The Hall–Kier alpha value is -3.02. The first-order valence-electron chi connectivity index (χ1n) is 11.9. The molecule has 192 valence electrons. The number of benzene rings is 2. The number of nitrogen functional groups attached to an aromatic ring is 1. The highest BCUT2D eigenvalue weighted by Gasteiger charge is 2.25. The van der Waals surface area contributed by atoms with E-state index >= 15 is 0 Å². The number of anilines is 1. The second kappa shape index (κ2) is 10.9. The molecule has 1 heterocycles. The summed E-state index contributed by atoms with van der Waals surface area (Å²) in [7, 11) is -3.32. The molecule has 0 saturated heterocycles. The molecule has 11 heteroatoms. The minimum absolute atomic E-state index is 0.0355. The van der Waals surface area contributed by atoms with Gasteiger partial charge in [-0.3, -0.25) is 4.79 Å². The van der Waals surface area contributed by atoms with Gasteiger partial charge in [0.25, 0.3) is 0 Å². The lowest BCUT2D eigenvalue weighted by molar-refractivity contribution is -0.121. The van der Waals surface area contributed by atoms with E-state index in [2.05, 4.69) is 20.2 Å². The van der Waals surface area contributed by atoms with Crippen LogP contribution in [-0.4, -0.2) is 43.4 Å². The van der Waals surface area contributed by atoms with Crippen molar-refractivity contribution in [3.63, 3.8) is 0 Å². The van der Waals surface area contributed by atoms with Crippen molar-refractivity contribution in [2.24, 2.45) is 0 Å². The number of carbonyl (C=O) groups excluding carboxylic acids is 1. The number of sulfonamides is 1. The van der Waals surface area contributed by atoms with Gasteiger partial charge in [-0.15, -0.1) is 10.2 Å². The number of nitrogens with zero attached hydrogens (tertiary/aromatic N) is 2. The van der Waals surface area contributed by atoms with Gasteiger partial charge in [-0.2, -0.15) is 0 Å². The van der Waals surface area contributed by atoms with Gasteiger partial charge in [0, 0.05) is 24.1 Å². The van der Waals surface area contributed by atoms with Gasteiger partial charge in [0.05, 0.1) is 24.1 Å². The third-order valence-corrected chi connectivity index (χ3v) is 7.57. The van der Waals surface area contributed by atoms with E-state index in [1.54, 1.807) is 0 Å². The van der Waals surface area contributed by atoms with E-state index in [-0.39, 0.29) is 31.0 Å². The molecule has 3 aromatic rings. The van der Waals surface area contributed by atoms with Crippen molar-refractivity contribution < 1.29 is 17.9 Å². The lowest BCUT2D eigenvalue weighted by Gasteiger charge is -2.27. The number of hydrogen-bond acceptors (Lipinski definition) is 8. The summed E-state index contributed by atoms with van der Waals surface area (Å²) >= 11 is 1.50. The largest absolute Gasteiger partial charge is 0.489 e. The van der Waals surface area contributed by atoms with E-state index in [4.69, 9.17) is 10.5 Å². The standard InChI is InChI=1S/C25H31N5O4S2/c1-15(2)34-22-11-10-16(14-20(22)26)24-29-30-25(35-24)19-8-4-7-18-17(19)6-5-9-21(18)28-23(31)12-13-27-36(3,32)33/h4,7-8,10-11,14-15,21,27H,5-6,9,12-13,26H2,1-3H3,(H,28,31)/t21-/m1/s1. The smallest absolute Gasteiger partial charge is 0.221 e. The molecule has 1 aliphatic rings. The number of rotatable bonds is 9. The second-order valence-corrected chi connectivity index (χ2v) is 11.9. The van der Waals surface area contributed by atoms with Crippen LogP contribution in [0.1, 0.15) is 50.3 Å². The van der Waals surface area contributed by atoms with Crippen LogP contribution in [0.3, 0.4) is 0 Å². The molecule has 9 nitrogen and oxygen atoms in total. The van der Waals surface area contributed by atoms with E-state index in [0.717, 1.165) is 57.8 Å². The number of nitrogens with two attached hydrogens (primary N) is 1. The van der Waals surface area contributed by atoms with Crippen LogP contribution < -0.4 is 20.5 Å². The molecule has 0 unspecified atom stereocenters. The second-order valence-electron chi connectivity index (χ2n) is 9.13. The Bertz CT molecular complexity index is 1350. The number of ether oxygens (including phenoxy) is 1. The zero-order valence-electron chi connectivity index (χ0n) is 20.6. The highest BCUT2D eigenvalue weighted by atomic mass is 32.2. The molecule has 4 rings (SSSR count). The summed E-state index contributed by atoms with van der Waals surface area (Å²) in [6.45, 7) is 3.99. The molecule has 0 bridgehead atoms. The molecule has 0 aliphatic heterocycles. The molecule has 36 heavy (non-hydrogen) atoms. The third kappa shape index (κ3) is 6.40. The van der Waals surface area contributed by atoms with E-state index in [9.17, 15) is 13.2 Å². The maximum Gasteiger partial charge on any atom is 0.221 e. The van der Waals surface area contributed by atoms with Crippen molar-refractivity contribution >= 4 is 33.0 Å². The molecule has 0 saturated carbocycles. The van der Waals surface area contributed by atoms with Crippen LogP contribution in [0.15, 0.2) is 36.4 Å². The highest BCUT2D eigenvalue weighted by molar-refractivity contribution is 7.88. The van der Waals surface area contributed by atoms with E-state index < -0.39 is 10.0 Å². The predicted octanol–water partition coefficient (Wildman–Crippen LogP) is 3.67. The Morgan fingerprint density at radius 3 is 2.72 bits per heavy atom. The topological polar surface area (TPSA) is 136 Å². The number of fused-ring (bicyclic) bond motifs is 1. The van der Waals surface area contributed by atoms with E-state index in [0.29, 0.717) is 11.4 Å². The van der Waals surface area contributed by atoms with Crippen molar-refractivity contribution in [3.8, 4) is 26.9 Å². The Kier molecular flexibility index (Phi) is 7.91. The molecule has 0 fully saturated rings. The Balaban J connectivity index is 1.52. The summed E-state index contributed by atoms with van der Waals surface area (Å²) in [4.78, 5) is 12.4. The lowest BCUT2D eigenvalue weighted by Crippen LogP contribution is -2.34. The zero-order chi connectivity index (χ0) is 25.9. The van der Waals surface area contributed by atoms with Crippen molar-refractivity contribution in [2.75, 3.05) is 18.5 Å². The molecule has 1 aromatic heterocycles. The highest BCUT2D eigenvalue weighted by Crippen LogP contribution is 2.39. The summed E-state index contributed by atoms with van der Waals surface area (Å²) in [5.74, 6) is 0.464. The molecule has 1 atom stereocenters. The van der Waals surface area contributed by atoms with Crippen LogP contribution in [0.5, 0.6) is 5.75 Å². The summed E-state index contributed by atoms with van der Waals surface area (Å²) in [5.41, 5.74) is 10.9. The van der Waals surface area contributed by atoms with Gasteiger partial charge >= 0.3 is 0 Å². The molecular weight excluding hydrogens is 498 g/mol. The molecule has 1 aliphatic carbocycles. The summed E-state index contributed by atoms with van der Waals surface area (Å²) in [6.07, 6.45) is 3.84. The first-order valence-corrected chi connectivity index (χ1v) is 14.6. The number of hydrogen-bond donors (Lipinski definition) is 3. The molecule has 0 radical (unpaired) electrons. The SMILES string of the molecule is CC(C)Oc1ccc(-c2nnc(-c3cccc4c3CCC[C@H]4NC(=O)CCNS(C)(=O)=O)s2)cc1N. The van der Waals surface area contributed by atoms with Crippen LogP contribution >= 0.6 is 11.3 Å². The molecule has 4 N–H and O–H groups in total. The number of nitrogens with one attached hydrogen (secondary N) is 2. The van der Waals surface area contributed by atoms with Gasteiger partial charge in [-0.05, 0) is 62.4 Å². The Labute approximate surface area is 215 Å². The quantitative estimate of drug-likeness (QED) is 0.360. The molecular formula is C25H31N5O4S2. The van der Waals surface area contributed by atoms with Gasteiger partial charge in [-0.25, -0.2) is 13.1 Å². The van der Waals surface area contributed by atoms with Crippen LogP contribution in [0.4, 0.5) is 5.69 Å². The summed E-state index contributed by atoms with van der Waals surface area (Å²) < 4.78 is 30.6. The van der Waals surface area contributed by atoms with Crippen molar-refractivity contribution in [1.82, 2.24) is 20.2 Å². The van der Waals surface area contributed by atoms with Crippen LogP contribution in [0.2, 0.25) is 0 Å². The number of aromatic nitrogens is 2. The minimum Gasteiger partial charge on any atom is -0.489 e. The van der Waals surface area contributed by atoms with Crippen molar-refractivity contribution in [3.05, 3.63) is 47.5 Å². The number of carbonyl (C=O) groups is 1. The normalized spacial score (nSPS) is 15.5. The number of amides is 1. The van der Waals surface area contributed by atoms with Gasteiger partial charge < -0.3 is 15.8 Å². The van der Waals surface area contributed by atoms with Crippen molar-refractivity contribution in [1.29, 1.82) is 0 Å². The predicted molar refractivity (Wildman–Crippen MR) is 142 cm³/mol. The van der Waals surface area contributed by atoms with Gasteiger partial charge in [0.1, 0.15) is 15.8 Å². The molecule has 1 amide bonds. The maximum absolute atomic E-state index is 12.4. The zero-order valence-corrected chi connectivity index (χ0v) is 22.2. The minimum atomic E-state index is -3.32. The van der Waals surface area contributed by atoms with E-state index in [1.807, 2.05) is 50.2 Å². The summed E-state index contributed by atoms with van der Waals surface area (Å²) in [6, 6.07) is 11.6. The average Bonchev–Trinajstić information content (AvgIpc) is 3.29. The Morgan fingerprint density at radius 2 is 2.00 bits per heavy atom. The lowest BCUT2D eigenvalue weighted by atomic mass is 9.85. The van der Waals surface area contributed by atoms with E-state index in [1.165, 1.54) is 11.3 Å². The fourth-order valence-corrected chi connectivity index (χ4v) is 5.67. The average molecular weight is 530 g/mol. The monoisotopic (exact) mass is 529 g/mol. The summed E-state index contributed by atoms with van der Waals surface area (Å²) in [5, 5.41) is 13.5. The maximum atomic E-state index is 12.4. The molecule has 0 spiro atoms. The first kappa shape index (κ1) is 26.1. The molecule has 2 aromatic carbocycles. The Morgan fingerprint density at radius 1 is 1.22 bits per heavy atom. The van der Waals surface area contributed by atoms with Gasteiger partial charge in [0.15, 0.2) is 0 Å². The van der Waals surface area contributed by atoms with Crippen LogP contribution in [0, 0.1) is 0 Å². The third-order valence-electron chi connectivity index (χ3n) is 5.83. The fourth-order valence-electron chi connectivity index (χ4n) is 4.31. The van der Waals surface area contributed by atoms with Crippen molar-refractivity contribution in [2.45, 2.75) is 51.7 Å². The van der Waals surface area contributed by atoms with Gasteiger partial charge in [0.2, 0.25) is 15.9 Å². The van der Waals surface area contributed by atoms with Crippen LogP contribution in [0.25, 0.3) is 21.1 Å². The van der Waals surface area contributed by atoms with Crippen LogP contribution in [-0.2, 0) is 21.2 Å². The van der Waals surface area contributed by atoms with Gasteiger partial charge in [-0.1, -0.05) is 29.5 Å². The fraction of sp³-hybridized carbons (Fsp3) is 0.400.